The van der Waals surface area contributed by atoms with E-state index in [4.69, 9.17) is 12.2 Å². The molecular weight excluding hydrogens is 514 g/mol. The number of hydrogen-bond acceptors (Lipinski definition) is 3. The van der Waals surface area contributed by atoms with Gasteiger partial charge in [-0.05, 0) is 70.6 Å². The second kappa shape index (κ2) is 9.96. The maximum atomic E-state index is 13.9. The van der Waals surface area contributed by atoms with Gasteiger partial charge in [0.05, 0.1) is 21.4 Å². The summed E-state index contributed by atoms with van der Waals surface area (Å²) in [4.78, 5) is 12.4. The van der Waals surface area contributed by atoms with Crippen molar-refractivity contribution in [3.05, 3.63) is 82.6 Å². The van der Waals surface area contributed by atoms with E-state index in [-0.39, 0.29) is 15.1 Å². The number of thiocarbonyl (C=S) groups is 1. The lowest BCUT2D eigenvalue weighted by molar-refractivity contribution is -0.274. The number of rotatable bonds is 5. The van der Waals surface area contributed by atoms with Crippen LogP contribution in [0.25, 0.3) is 0 Å². The zero-order valence-corrected chi connectivity index (χ0v) is 18.4. The molecule has 166 valence electrons. The molecule has 0 atom stereocenters. The van der Waals surface area contributed by atoms with Gasteiger partial charge < -0.3 is 20.7 Å². The zero-order valence-electron chi connectivity index (χ0n) is 16.0. The topological polar surface area (TPSA) is 62.4 Å². The second-order valence-corrected chi connectivity index (χ2v) is 7.51. The third-order valence-corrected chi connectivity index (χ3v) is 4.78. The van der Waals surface area contributed by atoms with Gasteiger partial charge >= 0.3 is 6.36 Å². The quantitative estimate of drug-likeness (QED) is 0.259. The number of carbonyl (C=O) groups is 1. The number of alkyl halides is 3. The standard InChI is InChI=1S/C21H14BrF4N3O2S/c22-14-11-12(9-10-18(14)31-21(24,25)26)27-20(32)29-17-8-4-3-7-16(17)28-19(30)13-5-1-2-6-15(13)23/h1-11H,(H,28,30)(H2,27,29,32). The molecule has 0 heterocycles. The van der Waals surface area contributed by atoms with Crippen molar-refractivity contribution in [2.75, 3.05) is 16.0 Å². The molecule has 0 fully saturated rings. The molecule has 3 aromatic rings. The van der Waals surface area contributed by atoms with Crippen LogP contribution in [-0.4, -0.2) is 17.4 Å². The van der Waals surface area contributed by atoms with Gasteiger partial charge in [0.1, 0.15) is 11.6 Å². The molecule has 3 aromatic carbocycles. The van der Waals surface area contributed by atoms with E-state index in [0.717, 1.165) is 6.07 Å². The monoisotopic (exact) mass is 527 g/mol. The average Bonchev–Trinajstić information content (AvgIpc) is 2.71. The van der Waals surface area contributed by atoms with Crippen molar-refractivity contribution in [1.82, 2.24) is 0 Å². The molecule has 0 saturated carbocycles. The van der Waals surface area contributed by atoms with Crippen LogP contribution in [0, 0.1) is 5.82 Å². The van der Waals surface area contributed by atoms with Crippen molar-refractivity contribution in [2.24, 2.45) is 0 Å². The molecule has 0 radical (unpaired) electrons. The largest absolute Gasteiger partial charge is 0.573 e. The Kier molecular flexibility index (Phi) is 7.31. The number of carbonyl (C=O) groups excluding carboxylic acids is 1. The molecule has 0 aromatic heterocycles. The third-order valence-electron chi connectivity index (χ3n) is 3.96. The van der Waals surface area contributed by atoms with Gasteiger partial charge in [-0.25, -0.2) is 4.39 Å². The smallest absolute Gasteiger partial charge is 0.405 e. The van der Waals surface area contributed by atoms with Crippen LogP contribution in [0.5, 0.6) is 5.75 Å². The lowest BCUT2D eigenvalue weighted by atomic mass is 10.2. The van der Waals surface area contributed by atoms with E-state index < -0.39 is 23.8 Å². The summed E-state index contributed by atoms with van der Waals surface area (Å²) in [5, 5.41) is 8.43. The lowest BCUT2D eigenvalue weighted by Crippen LogP contribution is -2.21. The van der Waals surface area contributed by atoms with E-state index in [0.29, 0.717) is 17.1 Å². The van der Waals surface area contributed by atoms with Gasteiger partial charge in [0.2, 0.25) is 0 Å². The van der Waals surface area contributed by atoms with E-state index in [9.17, 15) is 22.4 Å². The Labute approximate surface area is 193 Å². The Morgan fingerprint density at radius 3 is 2.16 bits per heavy atom. The van der Waals surface area contributed by atoms with E-state index >= 15 is 0 Å². The fourth-order valence-corrected chi connectivity index (χ4v) is 3.29. The third kappa shape index (κ3) is 6.41. The number of benzene rings is 3. The highest BCUT2D eigenvalue weighted by molar-refractivity contribution is 9.10. The van der Waals surface area contributed by atoms with Crippen LogP contribution in [0.1, 0.15) is 10.4 Å². The Hall–Kier alpha value is -3.18. The molecule has 0 saturated heterocycles. The van der Waals surface area contributed by atoms with Crippen LogP contribution in [0.15, 0.2) is 71.2 Å². The van der Waals surface area contributed by atoms with E-state index in [1.807, 2.05) is 0 Å². The minimum Gasteiger partial charge on any atom is -0.405 e. The van der Waals surface area contributed by atoms with Gasteiger partial charge in [-0.2, -0.15) is 0 Å². The Morgan fingerprint density at radius 1 is 0.906 bits per heavy atom. The number of nitrogens with one attached hydrogen (secondary N) is 3. The number of ether oxygens (including phenoxy) is 1. The minimum absolute atomic E-state index is 0.0696. The van der Waals surface area contributed by atoms with Crippen molar-refractivity contribution in [3.8, 4) is 5.75 Å². The van der Waals surface area contributed by atoms with Crippen molar-refractivity contribution >= 4 is 56.2 Å². The number of amides is 1. The first-order valence-corrected chi connectivity index (χ1v) is 10.1. The molecule has 1 amide bonds. The molecule has 3 rings (SSSR count). The molecule has 11 heteroatoms. The van der Waals surface area contributed by atoms with E-state index in [1.54, 1.807) is 30.3 Å². The highest BCUT2D eigenvalue weighted by Gasteiger charge is 2.32. The fraction of sp³-hybridized carbons (Fsp3) is 0.0476. The molecule has 5 nitrogen and oxygen atoms in total. The predicted octanol–water partition coefficient (Wildman–Crippen LogP) is 6.55. The lowest BCUT2D eigenvalue weighted by Gasteiger charge is -2.16. The van der Waals surface area contributed by atoms with Crippen molar-refractivity contribution in [3.63, 3.8) is 0 Å². The van der Waals surface area contributed by atoms with Crippen molar-refractivity contribution < 1.29 is 27.1 Å². The SMILES string of the molecule is O=C(Nc1ccccc1NC(=S)Nc1ccc(OC(F)(F)F)c(Br)c1)c1ccccc1F. The van der Waals surface area contributed by atoms with Crippen molar-refractivity contribution in [2.45, 2.75) is 6.36 Å². The molecule has 0 aliphatic carbocycles. The van der Waals surface area contributed by atoms with Crippen molar-refractivity contribution in [1.29, 1.82) is 0 Å². The summed E-state index contributed by atoms with van der Waals surface area (Å²) < 4.78 is 55.0. The summed E-state index contributed by atoms with van der Waals surface area (Å²) in [5.41, 5.74) is 1.04. The number of halogens is 5. The molecule has 0 spiro atoms. The van der Waals surface area contributed by atoms with Crippen LogP contribution in [0.4, 0.5) is 34.6 Å². The van der Waals surface area contributed by atoms with Gasteiger partial charge in [-0.1, -0.05) is 24.3 Å². The summed E-state index contributed by atoms with van der Waals surface area (Å²) >= 11 is 8.26. The van der Waals surface area contributed by atoms with E-state index in [1.165, 1.54) is 30.3 Å². The van der Waals surface area contributed by atoms with Gasteiger partial charge in [0.25, 0.3) is 5.91 Å². The maximum Gasteiger partial charge on any atom is 0.573 e. The summed E-state index contributed by atoms with van der Waals surface area (Å²) in [5.74, 6) is -1.69. The molecular formula is C21H14BrF4N3O2S. The molecule has 32 heavy (non-hydrogen) atoms. The summed E-state index contributed by atoms with van der Waals surface area (Å²) in [6.07, 6.45) is -4.81. The zero-order chi connectivity index (χ0) is 23.3. The number of hydrogen-bond donors (Lipinski definition) is 3. The molecule has 0 unspecified atom stereocenters. The summed E-state index contributed by atoms with van der Waals surface area (Å²) in [7, 11) is 0. The fourth-order valence-electron chi connectivity index (χ4n) is 2.61. The molecule has 0 aliphatic heterocycles. The first kappa shape index (κ1) is 23.5. The molecule has 0 bridgehead atoms. The van der Waals surface area contributed by atoms with Gasteiger partial charge in [0, 0.05) is 5.69 Å². The van der Waals surface area contributed by atoms with Gasteiger partial charge in [0.15, 0.2) is 5.11 Å². The highest BCUT2D eigenvalue weighted by atomic mass is 79.9. The van der Waals surface area contributed by atoms with Crippen LogP contribution in [-0.2, 0) is 0 Å². The number of anilines is 3. The first-order valence-electron chi connectivity index (χ1n) is 8.90. The van der Waals surface area contributed by atoms with Crippen LogP contribution >= 0.6 is 28.1 Å². The second-order valence-electron chi connectivity index (χ2n) is 6.25. The number of para-hydroxylation sites is 2. The molecule has 3 N–H and O–H groups in total. The predicted molar refractivity (Wildman–Crippen MR) is 121 cm³/mol. The van der Waals surface area contributed by atoms with Gasteiger partial charge in [-0.15, -0.1) is 13.2 Å². The first-order chi connectivity index (χ1) is 15.1. The Balaban J connectivity index is 1.69. The normalized spacial score (nSPS) is 10.9. The highest BCUT2D eigenvalue weighted by Crippen LogP contribution is 2.32. The Morgan fingerprint density at radius 2 is 1.53 bits per heavy atom. The summed E-state index contributed by atoms with van der Waals surface area (Å²) in [6.45, 7) is 0. The van der Waals surface area contributed by atoms with Crippen LogP contribution in [0.2, 0.25) is 0 Å². The van der Waals surface area contributed by atoms with Crippen LogP contribution < -0.4 is 20.7 Å². The van der Waals surface area contributed by atoms with Crippen LogP contribution in [0.3, 0.4) is 0 Å². The maximum absolute atomic E-state index is 13.9. The Bertz CT molecular complexity index is 1160. The van der Waals surface area contributed by atoms with Gasteiger partial charge in [-0.3, -0.25) is 4.79 Å². The molecule has 0 aliphatic rings. The van der Waals surface area contributed by atoms with E-state index in [2.05, 4.69) is 36.6 Å². The summed E-state index contributed by atoms with van der Waals surface area (Å²) in [6, 6.07) is 16.0. The minimum atomic E-state index is -4.81. The average molecular weight is 528 g/mol.